The molecule has 0 bridgehead atoms. The van der Waals surface area contributed by atoms with Gasteiger partial charge >= 0.3 is 0 Å². The lowest BCUT2D eigenvalue weighted by atomic mass is 9.90. The van der Waals surface area contributed by atoms with Gasteiger partial charge in [0.15, 0.2) is 0 Å². The van der Waals surface area contributed by atoms with E-state index in [4.69, 9.17) is 0 Å². The van der Waals surface area contributed by atoms with Crippen molar-refractivity contribution in [2.45, 2.75) is 40.8 Å². The van der Waals surface area contributed by atoms with Crippen molar-refractivity contribution in [2.24, 2.45) is 0 Å². The number of fused-ring (bicyclic) bond motifs is 2. The zero-order valence-electron chi connectivity index (χ0n) is 26.6. The number of anilines is 4. The highest BCUT2D eigenvalue weighted by Gasteiger charge is 2.23. The summed E-state index contributed by atoms with van der Waals surface area (Å²) in [5, 5.41) is 4.93. The zero-order valence-corrected chi connectivity index (χ0v) is 26.6. The molecule has 0 fully saturated rings. The van der Waals surface area contributed by atoms with Gasteiger partial charge in [-0.3, -0.25) is 19.9 Å². The first-order valence-corrected chi connectivity index (χ1v) is 15.6. The highest BCUT2D eigenvalue weighted by Crippen LogP contribution is 2.40. The number of pyridine rings is 4. The molecule has 46 heavy (non-hydrogen) atoms. The van der Waals surface area contributed by atoms with E-state index >= 15 is 0 Å². The summed E-state index contributed by atoms with van der Waals surface area (Å²) in [7, 11) is 0. The summed E-state index contributed by atoms with van der Waals surface area (Å²) in [6.45, 7) is 9.61. The smallest absolute Gasteiger partial charge is 0.0630 e. The molecule has 0 amide bonds. The SMILES string of the molecule is Cc1ncccc1N(Cc1c2ccccc2c(CN(c2cccnc2C)c2cccnc2C)c2ccccc12)c1cccnc1C. The maximum Gasteiger partial charge on any atom is 0.0630 e. The van der Waals surface area contributed by atoms with E-state index in [-0.39, 0.29) is 0 Å². The van der Waals surface area contributed by atoms with E-state index in [0.717, 1.165) is 45.5 Å². The number of aryl methyl sites for hydroxylation is 4. The number of hydrogen-bond acceptors (Lipinski definition) is 6. The van der Waals surface area contributed by atoms with Crippen LogP contribution in [0.25, 0.3) is 21.5 Å². The average molecular weight is 601 g/mol. The van der Waals surface area contributed by atoms with Crippen LogP contribution in [0, 0.1) is 27.7 Å². The second-order valence-corrected chi connectivity index (χ2v) is 11.7. The molecule has 4 heterocycles. The Morgan fingerprint density at radius 1 is 0.370 bits per heavy atom. The lowest BCUT2D eigenvalue weighted by molar-refractivity contribution is 0.945. The van der Waals surface area contributed by atoms with Crippen LogP contribution in [0.4, 0.5) is 22.7 Å². The second kappa shape index (κ2) is 12.4. The van der Waals surface area contributed by atoms with E-state index in [1.807, 2.05) is 49.1 Å². The maximum atomic E-state index is 4.66. The third-order valence-electron chi connectivity index (χ3n) is 8.87. The predicted molar refractivity (Wildman–Crippen MR) is 189 cm³/mol. The van der Waals surface area contributed by atoms with Crippen LogP contribution in [-0.2, 0) is 13.1 Å². The van der Waals surface area contributed by atoms with Gasteiger partial charge in [0.05, 0.1) is 45.5 Å². The first-order chi connectivity index (χ1) is 22.5. The van der Waals surface area contributed by atoms with Crippen molar-refractivity contribution in [2.75, 3.05) is 9.80 Å². The standard InChI is InChI=1S/C40H36N6/c1-27-37(17-9-21-41-27)45(38-18-10-22-42-28(38)2)25-35-31-13-5-7-15-33(31)36(34-16-8-6-14-32(34)35)26-46(39-19-11-23-43-29(39)3)40-20-12-24-44-30(40)4/h5-24H,25-26H2,1-4H3. The average Bonchev–Trinajstić information content (AvgIpc) is 3.08. The molecule has 0 N–H and O–H groups in total. The zero-order chi connectivity index (χ0) is 31.6. The van der Waals surface area contributed by atoms with Crippen LogP contribution in [0.1, 0.15) is 33.9 Å². The first kappa shape index (κ1) is 29.1. The molecular weight excluding hydrogens is 564 g/mol. The molecule has 0 aliphatic rings. The summed E-state index contributed by atoms with van der Waals surface area (Å²) >= 11 is 0. The summed E-state index contributed by atoms with van der Waals surface area (Å²) in [4.78, 5) is 23.4. The summed E-state index contributed by atoms with van der Waals surface area (Å²) in [5.74, 6) is 0. The predicted octanol–water partition coefficient (Wildman–Crippen LogP) is 9.48. The minimum atomic E-state index is 0.660. The van der Waals surface area contributed by atoms with E-state index in [9.17, 15) is 0 Å². The van der Waals surface area contributed by atoms with Crippen LogP contribution in [0.15, 0.2) is 122 Å². The molecule has 0 aliphatic carbocycles. The normalized spacial score (nSPS) is 11.2. The molecule has 0 unspecified atom stereocenters. The molecule has 6 nitrogen and oxygen atoms in total. The molecule has 6 heteroatoms. The number of benzene rings is 3. The van der Waals surface area contributed by atoms with Crippen molar-refractivity contribution < 1.29 is 0 Å². The van der Waals surface area contributed by atoms with E-state index < -0.39 is 0 Å². The van der Waals surface area contributed by atoms with Crippen LogP contribution in [0.3, 0.4) is 0 Å². The second-order valence-electron chi connectivity index (χ2n) is 11.7. The first-order valence-electron chi connectivity index (χ1n) is 15.6. The molecule has 0 saturated carbocycles. The van der Waals surface area contributed by atoms with Crippen LogP contribution in [0.5, 0.6) is 0 Å². The van der Waals surface area contributed by atoms with Crippen LogP contribution in [0.2, 0.25) is 0 Å². The monoisotopic (exact) mass is 600 g/mol. The highest BCUT2D eigenvalue weighted by atomic mass is 15.2. The molecule has 0 aliphatic heterocycles. The number of nitrogens with zero attached hydrogens (tertiary/aromatic N) is 6. The van der Waals surface area contributed by atoms with Gasteiger partial charge < -0.3 is 9.80 Å². The fourth-order valence-electron chi connectivity index (χ4n) is 6.61. The van der Waals surface area contributed by atoms with Crippen molar-refractivity contribution in [1.29, 1.82) is 0 Å². The van der Waals surface area contributed by atoms with Gasteiger partial charge in [-0.1, -0.05) is 48.5 Å². The van der Waals surface area contributed by atoms with Gasteiger partial charge in [-0.2, -0.15) is 0 Å². The van der Waals surface area contributed by atoms with Gasteiger partial charge in [0, 0.05) is 37.9 Å². The van der Waals surface area contributed by atoms with E-state index in [1.165, 1.54) is 32.7 Å². The Labute approximate surface area is 270 Å². The van der Waals surface area contributed by atoms with Gasteiger partial charge in [0.1, 0.15) is 0 Å². The molecule has 4 aromatic heterocycles. The van der Waals surface area contributed by atoms with Crippen LogP contribution >= 0.6 is 0 Å². The summed E-state index contributed by atoms with van der Waals surface area (Å²) < 4.78 is 0. The minimum absolute atomic E-state index is 0.660. The lowest BCUT2D eigenvalue weighted by Crippen LogP contribution is -2.21. The van der Waals surface area contributed by atoms with E-state index in [2.05, 4.69) is 130 Å². The molecule has 0 radical (unpaired) electrons. The fourth-order valence-corrected chi connectivity index (χ4v) is 6.61. The number of rotatable bonds is 8. The highest BCUT2D eigenvalue weighted by molar-refractivity contribution is 6.06. The Kier molecular flexibility index (Phi) is 7.85. The molecule has 0 atom stereocenters. The summed E-state index contributed by atoms with van der Waals surface area (Å²) in [6, 6.07) is 34.3. The van der Waals surface area contributed by atoms with Crippen molar-refractivity contribution in [3.8, 4) is 0 Å². The van der Waals surface area contributed by atoms with Crippen molar-refractivity contribution in [3.05, 3.63) is 156 Å². The maximum absolute atomic E-state index is 4.66. The molecule has 226 valence electrons. The molecule has 0 saturated heterocycles. The van der Waals surface area contributed by atoms with Gasteiger partial charge in [-0.15, -0.1) is 0 Å². The van der Waals surface area contributed by atoms with E-state index in [0.29, 0.717) is 13.1 Å². The Morgan fingerprint density at radius 3 is 0.870 bits per heavy atom. The Bertz CT molecular complexity index is 1890. The Morgan fingerprint density at radius 2 is 0.630 bits per heavy atom. The largest absolute Gasteiger partial charge is 0.334 e. The summed E-state index contributed by atoms with van der Waals surface area (Å²) in [5.41, 5.74) is 10.7. The lowest BCUT2D eigenvalue weighted by Gasteiger charge is -2.31. The van der Waals surface area contributed by atoms with Gasteiger partial charge in [0.25, 0.3) is 0 Å². The van der Waals surface area contributed by atoms with Gasteiger partial charge in [0.2, 0.25) is 0 Å². The van der Waals surface area contributed by atoms with Crippen molar-refractivity contribution in [3.63, 3.8) is 0 Å². The van der Waals surface area contributed by atoms with Crippen molar-refractivity contribution >= 4 is 44.3 Å². The molecule has 0 spiro atoms. The van der Waals surface area contributed by atoms with Gasteiger partial charge in [-0.05, 0) is 109 Å². The molecule has 7 aromatic rings. The van der Waals surface area contributed by atoms with Crippen LogP contribution in [-0.4, -0.2) is 19.9 Å². The van der Waals surface area contributed by atoms with Crippen LogP contribution < -0.4 is 9.80 Å². The quantitative estimate of drug-likeness (QED) is 0.162. The number of aromatic nitrogens is 4. The topological polar surface area (TPSA) is 58.0 Å². The fraction of sp³-hybridized carbons (Fsp3) is 0.150. The Hall–Kier alpha value is -5.62. The molecule has 3 aromatic carbocycles. The van der Waals surface area contributed by atoms with E-state index in [1.54, 1.807) is 0 Å². The molecular formula is C40H36N6. The molecule has 7 rings (SSSR count). The number of hydrogen-bond donors (Lipinski definition) is 0. The summed E-state index contributed by atoms with van der Waals surface area (Å²) in [6.07, 6.45) is 7.41. The van der Waals surface area contributed by atoms with Gasteiger partial charge in [-0.25, -0.2) is 0 Å². The minimum Gasteiger partial charge on any atom is -0.334 e. The Balaban J connectivity index is 1.46. The third kappa shape index (κ3) is 5.32. The van der Waals surface area contributed by atoms with Crippen molar-refractivity contribution in [1.82, 2.24) is 19.9 Å². The third-order valence-corrected chi connectivity index (χ3v) is 8.87.